The number of carbonyl (C=O) groups is 4. The molecule has 0 amide bonds. The highest BCUT2D eigenvalue weighted by molar-refractivity contribution is 6.03. The van der Waals surface area contributed by atoms with Crippen LogP contribution in [0.15, 0.2) is 41.5 Å². The molecule has 27 heavy (non-hydrogen) atoms. The number of aromatic carboxylic acids is 4. The van der Waals surface area contributed by atoms with Crippen LogP contribution in [0.25, 0.3) is 0 Å². The van der Waals surface area contributed by atoms with Gasteiger partial charge in [-0.2, -0.15) is 0 Å². The SMILES string of the molecule is O=C(O)c1ccc(N=[N+]([O-])c2ccc(C(=O)O)c(C(=O)O)c2)cc1C(=O)O. The molecule has 4 N–H and O–H groups in total. The second-order valence-corrected chi connectivity index (χ2v) is 5.05. The zero-order chi connectivity index (χ0) is 20.3. The highest BCUT2D eigenvalue weighted by Gasteiger charge is 2.20. The van der Waals surface area contributed by atoms with Gasteiger partial charge >= 0.3 is 23.9 Å². The molecule has 11 nitrogen and oxygen atoms in total. The highest BCUT2D eigenvalue weighted by Crippen LogP contribution is 2.23. The largest absolute Gasteiger partial charge is 0.594 e. The average molecular weight is 374 g/mol. The van der Waals surface area contributed by atoms with E-state index in [0.29, 0.717) is 0 Å². The van der Waals surface area contributed by atoms with Crippen LogP contribution in [-0.4, -0.2) is 49.2 Å². The quantitative estimate of drug-likeness (QED) is 0.334. The molecule has 0 bridgehead atoms. The molecule has 0 fully saturated rings. The van der Waals surface area contributed by atoms with E-state index in [-0.39, 0.29) is 16.2 Å². The molecular formula is C16H10N2O9. The first-order valence-corrected chi connectivity index (χ1v) is 7.02. The lowest BCUT2D eigenvalue weighted by atomic mass is 10.1. The van der Waals surface area contributed by atoms with Crippen LogP contribution in [0.3, 0.4) is 0 Å². The van der Waals surface area contributed by atoms with E-state index in [2.05, 4.69) is 5.11 Å². The molecular weight excluding hydrogens is 364 g/mol. The van der Waals surface area contributed by atoms with E-state index in [9.17, 15) is 24.4 Å². The zero-order valence-electron chi connectivity index (χ0n) is 13.2. The second-order valence-electron chi connectivity index (χ2n) is 5.05. The van der Waals surface area contributed by atoms with Crippen LogP contribution in [0.1, 0.15) is 41.4 Å². The Hall–Kier alpha value is -4.28. The van der Waals surface area contributed by atoms with Crippen LogP contribution in [0.4, 0.5) is 11.4 Å². The summed E-state index contributed by atoms with van der Waals surface area (Å²) in [4.78, 5) is 44.2. The Bertz CT molecular complexity index is 1010. The van der Waals surface area contributed by atoms with Gasteiger partial charge in [0.1, 0.15) is 5.69 Å². The first-order valence-electron chi connectivity index (χ1n) is 7.02. The maximum Gasteiger partial charge on any atom is 0.336 e. The first-order chi connectivity index (χ1) is 12.6. The number of azo groups is 1. The van der Waals surface area contributed by atoms with E-state index in [0.717, 1.165) is 36.4 Å². The van der Waals surface area contributed by atoms with Crippen LogP contribution >= 0.6 is 0 Å². The fourth-order valence-electron chi connectivity index (χ4n) is 2.14. The number of hydrogen-bond acceptors (Lipinski definition) is 6. The fourth-order valence-corrected chi connectivity index (χ4v) is 2.14. The van der Waals surface area contributed by atoms with Gasteiger partial charge in [-0.25, -0.2) is 19.2 Å². The molecule has 0 radical (unpaired) electrons. The molecule has 2 rings (SSSR count). The molecule has 0 aliphatic rings. The molecule has 0 spiro atoms. The maximum absolute atomic E-state index is 12.1. The van der Waals surface area contributed by atoms with E-state index in [4.69, 9.17) is 20.4 Å². The molecule has 0 atom stereocenters. The van der Waals surface area contributed by atoms with Crippen LogP contribution < -0.4 is 0 Å². The fraction of sp³-hybridized carbons (Fsp3) is 0. The first kappa shape index (κ1) is 19.1. The third-order valence-corrected chi connectivity index (χ3v) is 3.36. The van der Waals surface area contributed by atoms with E-state index in [1.54, 1.807) is 0 Å². The molecule has 0 aliphatic carbocycles. The highest BCUT2D eigenvalue weighted by atomic mass is 16.5. The Balaban J connectivity index is 2.52. The molecule has 0 saturated heterocycles. The zero-order valence-corrected chi connectivity index (χ0v) is 13.2. The summed E-state index contributed by atoms with van der Waals surface area (Å²) >= 11 is 0. The monoisotopic (exact) mass is 374 g/mol. The normalized spacial score (nSPS) is 11.0. The Morgan fingerprint density at radius 2 is 1.15 bits per heavy atom. The smallest absolute Gasteiger partial charge is 0.336 e. The van der Waals surface area contributed by atoms with Crippen molar-refractivity contribution in [3.63, 3.8) is 0 Å². The standard InChI is InChI=1S/C16H10N2O9/c19-13(20)9-3-1-7(5-11(9)15(23)24)17-18(27)8-2-4-10(14(21)22)12(6-8)16(25)26/h1-6H,(H,19,20)(H,21,22)(H,23,24)(H,25,26). The van der Waals surface area contributed by atoms with Crippen molar-refractivity contribution in [1.29, 1.82) is 0 Å². The van der Waals surface area contributed by atoms with Gasteiger partial charge in [0, 0.05) is 17.2 Å². The van der Waals surface area contributed by atoms with Gasteiger partial charge in [0.2, 0.25) is 5.69 Å². The van der Waals surface area contributed by atoms with E-state index < -0.39 is 46.1 Å². The van der Waals surface area contributed by atoms with E-state index >= 15 is 0 Å². The Kier molecular flexibility index (Phi) is 5.16. The van der Waals surface area contributed by atoms with Crippen LogP contribution in [0.2, 0.25) is 0 Å². The van der Waals surface area contributed by atoms with Crippen LogP contribution in [0.5, 0.6) is 0 Å². The summed E-state index contributed by atoms with van der Waals surface area (Å²) in [6.07, 6.45) is 0. The average Bonchev–Trinajstić information content (AvgIpc) is 2.60. The lowest BCUT2D eigenvalue weighted by Gasteiger charge is -2.05. The summed E-state index contributed by atoms with van der Waals surface area (Å²) in [5.74, 6) is -6.08. The number of nitrogens with zero attached hydrogens (tertiary/aromatic N) is 2. The summed E-state index contributed by atoms with van der Waals surface area (Å²) in [6.45, 7) is 0. The van der Waals surface area contributed by atoms with Gasteiger partial charge in [-0.05, 0) is 24.3 Å². The van der Waals surface area contributed by atoms with Crippen LogP contribution in [-0.2, 0) is 0 Å². The second kappa shape index (κ2) is 7.31. The summed E-state index contributed by atoms with van der Waals surface area (Å²) in [5, 5.41) is 51.7. The van der Waals surface area contributed by atoms with E-state index in [1.807, 2.05) is 0 Å². The molecule has 11 heteroatoms. The van der Waals surface area contributed by atoms with Gasteiger partial charge in [0.25, 0.3) is 0 Å². The summed E-state index contributed by atoms with van der Waals surface area (Å²) in [6, 6.07) is 5.64. The topological polar surface area (TPSA) is 188 Å². The van der Waals surface area contributed by atoms with Crippen molar-refractivity contribution in [2.75, 3.05) is 0 Å². The van der Waals surface area contributed by atoms with Crippen molar-refractivity contribution in [1.82, 2.24) is 0 Å². The summed E-state index contributed by atoms with van der Waals surface area (Å²) in [7, 11) is 0. The molecule has 0 saturated carbocycles. The third-order valence-electron chi connectivity index (χ3n) is 3.36. The predicted molar refractivity (Wildman–Crippen MR) is 86.1 cm³/mol. The van der Waals surface area contributed by atoms with Gasteiger partial charge in [-0.1, -0.05) is 4.86 Å². The number of hydrogen-bond donors (Lipinski definition) is 4. The number of carboxylic acids is 4. The molecule has 138 valence electrons. The van der Waals surface area contributed by atoms with E-state index in [1.165, 1.54) is 0 Å². The van der Waals surface area contributed by atoms with Crippen molar-refractivity contribution in [3.05, 3.63) is 63.9 Å². The number of rotatable bonds is 6. The predicted octanol–water partition coefficient (Wildman–Crippen LogP) is 2.41. The van der Waals surface area contributed by atoms with Crippen molar-refractivity contribution >= 4 is 35.3 Å². The van der Waals surface area contributed by atoms with Crippen LogP contribution in [0, 0.1) is 5.21 Å². The lowest BCUT2D eigenvalue weighted by molar-refractivity contribution is -0.435. The number of benzene rings is 2. The van der Waals surface area contributed by atoms with Gasteiger partial charge < -0.3 is 25.6 Å². The minimum Gasteiger partial charge on any atom is -0.594 e. The Labute approximate surface area is 149 Å². The maximum atomic E-state index is 12.1. The Morgan fingerprint density at radius 1 is 0.704 bits per heavy atom. The van der Waals surface area contributed by atoms with Gasteiger partial charge in [-0.15, -0.1) is 0 Å². The minimum absolute atomic E-state index is 0.0422. The number of carboxylic acid groups (broad SMARTS) is 4. The molecule has 0 heterocycles. The molecule has 0 aliphatic heterocycles. The molecule has 0 aromatic heterocycles. The lowest BCUT2D eigenvalue weighted by Crippen LogP contribution is -2.09. The van der Waals surface area contributed by atoms with Gasteiger partial charge in [0.15, 0.2) is 0 Å². The third kappa shape index (κ3) is 4.04. The molecule has 0 unspecified atom stereocenters. The van der Waals surface area contributed by atoms with Crippen molar-refractivity contribution in [2.24, 2.45) is 5.11 Å². The van der Waals surface area contributed by atoms with Gasteiger partial charge in [0.05, 0.1) is 22.3 Å². The molecule has 2 aromatic carbocycles. The summed E-state index contributed by atoms with van der Waals surface area (Å²) in [5.41, 5.74) is -2.78. The van der Waals surface area contributed by atoms with Crippen molar-refractivity contribution < 1.29 is 44.5 Å². The summed E-state index contributed by atoms with van der Waals surface area (Å²) < 4.78 is 0. The van der Waals surface area contributed by atoms with Crippen molar-refractivity contribution in [2.45, 2.75) is 0 Å². The minimum atomic E-state index is -1.57. The molecule has 2 aromatic rings. The van der Waals surface area contributed by atoms with Gasteiger partial charge in [-0.3, -0.25) is 0 Å². The Morgan fingerprint density at radius 3 is 1.63 bits per heavy atom. The van der Waals surface area contributed by atoms with Crippen molar-refractivity contribution in [3.8, 4) is 0 Å².